The van der Waals surface area contributed by atoms with E-state index in [2.05, 4.69) is 39.3 Å². The largest absolute Gasteiger partial charge is 0.494 e. The zero-order chi connectivity index (χ0) is 26.9. The monoisotopic (exact) mass is 518 g/mol. The molecule has 200 valence electrons. The topological polar surface area (TPSA) is 101 Å². The molecule has 38 heavy (non-hydrogen) atoms. The van der Waals surface area contributed by atoms with Gasteiger partial charge in [-0.15, -0.1) is 0 Å². The van der Waals surface area contributed by atoms with E-state index in [1.807, 2.05) is 53.4 Å². The van der Waals surface area contributed by atoms with Gasteiger partial charge in [-0.2, -0.15) is 0 Å². The van der Waals surface area contributed by atoms with Gasteiger partial charge in [-0.25, -0.2) is 15.0 Å². The minimum absolute atomic E-state index is 0.164. The fourth-order valence-corrected chi connectivity index (χ4v) is 4.29. The van der Waals surface area contributed by atoms with Crippen LogP contribution in [0.15, 0.2) is 67.5 Å². The van der Waals surface area contributed by atoms with E-state index in [1.165, 1.54) is 18.0 Å². The molecule has 1 amide bonds. The van der Waals surface area contributed by atoms with E-state index < -0.39 is 0 Å². The summed E-state index contributed by atoms with van der Waals surface area (Å²) in [4.78, 5) is 29.0. The van der Waals surface area contributed by atoms with Crippen LogP contribution in [0.1, 0.15) is 12.0 Å². The molecule has 2 heterocycles. The summed E-state index contributed by atoms with van der Waals surface area (Å²) in [6.45, 7) is 5.35. The van der Waals surface area contributed by atoms with Crippen LogP contribution in [-0.4, -0.2) is 62.9 Å². The number of amides is 1. The molecule has 1 aliphatic heterocycles. The first kappa shape index (κ1) is 26.9. The second-order valence-corrected chi connectivity index (χ2v) is 8.86. The van der Waals surface area contributed by atoms with Gasteiger partial charge in [0.15, 0.2) is 5.82 Å². The SMILES string of the molecule is C=CC(=O)Nc1cc(Nc2cc(N3OCC[C@@H]3Cc3ccccc3)ncn2)c(OC)cc1N(C)CCOC. The minimum atomic E-state index is -0.317. The molecular weight excluding hydrogens is 484 g/mol. The average Bonchev–Trinajstić information content (AvgIpc) is 3.40. The summed E-state index contributed by atoms with van der Waals surface area (Å²) in [5.41, 5.74) is 3.24. The molecule has 0 aliphatic carbocycles. The molecule has 0 bridgehead atoms. The van der Waals surface area contributed by atoms with Gasteiger partial charge in [-0.3, -0.25) is 9.63 Å². The first-order chi connectivity index (χ1) is 18.5. The quantitative estimate of drug-likeness (QED) is 0.342. The summed E-state index contributed by atoms with van der Waals surface area (Å²) in [5.74, 6) is 1.49. The van der Waals surface area contributed by atoms with Gasteiger partial charge in [0.25, 0.3) is 0 Å². The van der Waals surface area contributed by atoms with Crippen LogP contribution < -0.4 is 25.3 Å². The van der Waals surface area contributed by atoms with Crippen molar-refractivity contribution in [3.05, 3.63) is 73.1 Å². The third-order valence-corrected chi connectivity index (χ3v) is 6.27. The number of hydroxylamine groups is 1. The number of carbonyl (C=O) groups excluding carboxylic acids is 1. The molecule has 4 rings (SSSR count). The number of likely N-dealkylation sites (N-methyl/N-ethyl adjacent to an activating group) is 1. The number of nitrogens with zero attached hydrogens (tertiary/aromatic N) is 4. The van der Waals surface area contributed by atoms with Gasteiger partial charge in [-0.05, 0) is 30.5 Å². The maximum Gasteiger partial charge on any atom is 0.247 e. The fraction of sp³-hybridized carbons (Fsp3) is 0.321. The Kier molecular flexibility index (Phi) is 9.12. The van der Waals surface area contributed by atoms with Gasteiger partial charge in [0, 0.05) is 32.8 Å². The maximum absolute atomic E-state index is 12.2. The number of benzene rings is 2. The predicted molar refractivity (Wildman–Crippen MR) is 149 cm³/mol. The highest BCUT2D eigenvalue weighted by Crippen LogP contribution is 2.38. The predicted octanol–water partition coefficient (Wildman–Crippen LogP) is 4.19. The highest BCUT2D eigenvalue weighted by atomic mass is 16.7. The lowest BCUT2D eigenvalue weighted by atomic mass is 10.0. The molecule has 10 heteroatoms. The molecule has 1 fully saturated rings. The van der Waals surface area contributed by atoms with Gasteiger partial charge in [0.1, 0.15) is 17.9 Å². The summed E-state index contributed by atoms with van der Waals surface area (Å²) >= 11 is 0. The number of methoxy groups -OCH3 is 2. The van der Waals surface area contributed by atoms with E-state index in [-0.39, 0.29) is 11.9 Å². The van der Waals surface area contributed by atoms with Gasteiger partial charge in [0.2, 0.25) is 5.91 Å². The Hall–Kier alpha value is -4.15. The standard InChI is InChI=1S/C28H34N6O4/c1-5-28(35)32-22-16-23(25(37-4)17-24(22)33(2)12-14-36-3)31-26-18-27(30-19-29-26)34-21(11-13-38-34)15-20-9-7-6-8-10-20/h5-10,16-19,21H,1,11-15H2,2-4H3,(H,32,35)(H,29,30,31)/t21-/m1/s1. The van der Waals surface area contributed by atoms with Crippen molar-refractivity contribution in [3.63, 3.8) is 0 Å². The number of aromatic nitrogens is 2. The Balaban J connectivity index is 1.60. The van der Waals surface area contributed by atoms with Gasteiger partial charge in [0.05, 0.1) is 43.4 Å². The number of nitrogens with one attached hydrogen (secondary N) is 2. The van der Waals surface area contributed by atoms with Crippen LogP contribution in [0.2, 0.25) is 0 Å². The van der Waals surface area contributed by atoms with E-state index in [1.54, 1.807) is 14.2 Å². The van der Waals surface area contributed by atoms with Crippen LogP contribution in [0.4, 0.5) is 28.7 Å². The number of rotatable bonds is 12. The number of hydrogen-bond donors (Lipinski definition) is 2. The van der Waals surface area contributed by atoms with Crippen molar-refractivity contribution in [2.75, 3.05) is 61.6 Å². The maximum atomic E-state index is 12.2. The first-order valence-corrected chi connectivity index (χ1v) is 12.4. The van der Waals surface area contributed by atoms with E-state index >= 15 is 0 Å². The Bertz CT molecular complexity index is 1240. The van der Waals surface area contributed by atoms with Gasteiger partial charge < -0.3 is 25.0 Å². The Morgan fingerprint density at radius 1 is 1.21 bits per heavy atom. The van der Waals surface area contributed by atoms with E-state index in [4.69, 9.17) is 14.3 Å². The van der Waals surface area contributed by atoms with Crippen LogP contribution >= 0.6 is 0 Å². The van der Waals surface area contributed by atoms with Gasteiger partial charge >= 0.3 is 0 Å². The first-order valence-electron chi connectivity index (χ1n) is 12.4. The summed E-state index contributed by atoms with van der Waals surface area (Å²) < 4.78 is 10.9. The Morgan fingerprint density at radius 2 is 2.03 bits per heavy atom. The molecule has 2 aromatic carbocycles. The summed E-state index contributed by atoms with van der Waals surface area (Å²) in [7, 11) is 5.16. The van der Waals surface area contributed by atoms with Crippen LogP contribution in [0.25, 0.3) is 0 Å². The lowest BCUT2D eigenvalue weighted by molar-refractivity contribution is -0.111. The average molecular weight is 519 g/mol. The molecule has 3 aromatic rings. The van der Waals surface area contributed by atoms with E-state index in [0.717, 1.165) is 18.5 Å². The minimum Gasteiger partial charge on any atom is -0.494 e. The number of ether oxygens (including phenoxy) is 2. The molecule has 1 aliphatic rings. The highest BCUT2D eigenvalue weighted by molar-refractivity contribution is 6.02. The van der Waals surface area contributed by atoms with Crippen molar-refractivity contribution in [3.8, 4) is 5.75 Å². The van der Waals surface area contributed by atoms with Crippen LogP contribution in [0.3, 0.4) is 0 Å². The summed E-state index contributed by atoms with van der Waals surface area (Å²) in [6, 6.07) is 16.0. The summed E-state index contributed by atoms with van der Waals surface area (Å²) in [6.07, 6.45) is 4.49. The number of anilines is 5. The Labute approximate surface area is 223 Å². The van der Waals surface area contributed by atoms with E-state index in [0.29, 0.717) is 48.5 Å². The number of carbonyl (C=O) groups is 1. The van der Waals surface area contributed by atoms with Gasteiger partial charge in [-0.1, -0.05) is 36.9 Å². The molecule has 1 saturated heterocycles. The van der Waals surface area contributed by atoms with Crippen LogP contribution in [-0.2, 0) is 20.8 Å². The third kappa shape index (κ3) is 6.58. The number of hydrogen-bond acceptors (Lipinski definition) is 9. The normalized spacial score (nSPS) is 14.7. The third-order valence-electron chi connectivity index (χ3n) is 6.27. The molecule has 1 atom stereocenters. The van der Waals surface area contributed by atoms with Crippen molar-refractivity contribution in [2.45, 2.75) is 18.9 Å². The van der Waals surface area contributed by atoms with Crippen molar-refractivity contribution >= 4 is 34.6 Å². The zero-order valence-electron chi connectivity index (χ0n) is 22.0. The second-order valence-electron chi connectivity index (χ2n) is 8.86. The molecule has 0 spiro atoms. The molecular formula is C28H34N6O4. The molecule has 0 radical (unpaired) electrons. The fourth-order valence-electron chi connectivity index (χ4n) is 4.29. The van der Waals surface area contributed by atoms with Crippen LogP contribution in [0.5, 0.6) is 5.75 Å². The molecule has 2 N–H and O–H groups in total. The molecule has 1 aromatic heterocycles. The van der Waals surface area contributed by atoms with Crippen molar-refractivity contribution < 1.29 is 19.1 Å². The smallest absolute Gasteiger partial charge is 0.247 e. The summed E-state index contributed by atoms with van der Waals surface area (Å²) in [5, 5.41) is 8.06. The highest BCUT2D eigenvalue weighted by Gasteiger charge is 2.28. The lowest BCUT2D eigenvalue weighted by Crippen LogP contribution is -2.30. The van der Waals surface area contributed by atoms with Crippen molar-refractivity contribution in [1.82, 2.24) is 9.97 Å². The molecule has 0 saturated carbocycles. The Morgan fingerprint density at radius 3 is 2.76 bits per heavy atom. The second kappa shape index (κ2) is 12.9. The van der Waals surface area contributed by atoms with Crippen LogP contribution in [0, 0.1) is 0 Å². The molecule has 10 nitrogen and oxygen atoms in total. The molecule has 0 unspecified atom stereocenters. The van der Waals surface area contributed by atoms with Crippen molar-refractivity contribution in [2.24, 2.45) is 0 Å². The van der Waals surface area contributed by atoms with Crippen molar-refractivity contribution in [1.29, 1.82) is 0 Å². The lowest BCUT2D eigenvalue weighted by Gasteiger charge is -2.25. The zero-order valence-corrected chi connectivity index (χ0v) is 22.0. The van der Waals surface area contributed by atoms with E-state index in [9.17, 15) is 4.79 Å².